The van der Waals surface area contributed by atoms with Crippen molar-refractivity contribution < 1.29 is 4.74 Å². The van der Waals surface area contributed by atoms with E-state index in [1.807, 2.05) is 12.3 Å². The van der Waals surface area contributed by atoms with E-state index < -0.39 is 0 Å². The summed E-state index contributed by atoms with van der Waals surface area (Å²) in [6, 6.07) is 2.02. The lowest BCUT2D eigenvalue weighted by Crippen LogP contribution is -2.20. The Morgan fingerprint density at radius 1 is 1.56 bits per heavy atom. The Hall–Kier alpha value is -1.06. The van der Waals surface area contributed by atoms with Gasteiger partial charge in [0.1, 0.15) is 5.75 Å². The van der Waals surface area contributed by atoms with Crippen molar-refractivity contribution in [1.82, 2.24) is 10.3 Å². The van der Waals surface area contributed by atoms with Crippen LogP contribution in [0.25, 0.3) is 5.57 Å². The Morgan fingerprint density at radius 3 is 3.06 bits per heavy atom. The molecule has 3 nitrogen and oxygen atoms in total. The number of rotatable bonds is 3. The van der Waals surface area contributed by atoms with E-state index >= 15 is 0 Å². The molecule has 0 saturated carbocycles. The minimum Gasteiger partial charge on any atom is -0.495 e. The number of hydrogen-bond donors (Lipinski definition) is 1. The average Bonchev–Trinajstić information content (AvgIpc) is 2.39. The fourth-order valence-electron chi connectivity index (χ4n) is 1.81. The van der Waals surface area contributed by atoms with Crippen LogP contribution >= 0.6 is 11.6 Å². The molecule has 0 saturated heterocycles. The summed E-state index contributed by atoms with van der Waals surface area (Å²) < 4.78 is 5.28. The Kier molecular flexibility index (Phi) is 3.80. The number of halogens is 1. The molecular weight excluding hydrogens is 224 g/mol. The van der Waals surface area contributed by atoms with Gasteiger partial charge in [0.05, 0.1) is 18.7 Å². The molecule has 1 N–H and O–H groups in total. The van der Waals surface area contributed by atoms with E-state index in [1.165, 1.54) is 5.57 Å². The van der Waals surface area contributed by atoms with Crippen LogP contribution in [-0.2, 0) is 5.88 Å². The van der Waals surface area contributed by atoms with Crippen molar-refractivity contribution in [2.24, 2.45) is 0 Å². The van der Waals surface area contributed by atoms with Crippen LogP contribution in [-0.4, -0.2) is 25.2 Å². The second kappa shape index (κ2) is 5.32. The highest BCUT2D eigenvalue weighted by Crippen LogP contribution is 2.25. The molecular formula is C12H15ClN2O. The molecule has 1 aromatic heterocycles. The van der Waals surface area contributed by atoms with Crippen LogP contribution in [0.4, 0.5) is 0 Å². The van der Waals surface area contributed by atoms with E-state index in [0.717, 1.165) is 36.5 Å². The number of ether oxygens (including phenoxy) is 1. The van der Waals surface area contributed by atoms with Crippen molar-refractivity contribution in [2.45, 2.75) is 12.3 Å². The molecule has 0 bridgehead atoms. The molecule has 86 valence electrons. The third-order valence-electron chi connectivity index (χ3n) is 2.71. The lowest BCUT2D eigenvalue weighted by Gasteiger charge is -2.15. The van der Waals surface area contributed by atoms with Gasteiger partial charge in [-0.1, -0.05) is 6.08 Å². The predicted octanol–water partition coefficient (Wildman–Crippen LogP) is 2.21. The van der Waals surface area contributed by atoms with Gasteiger partial charge in [-0.05, 0) is 30.2 Å². The van der Waals surface area contributed by atoms with Crippen LogP contribution in [0.3, 0.4) is 0 Å². The molecule has 2 rings (SSSR count). The monoisotopic (exact) mass is 238 g/mol. The Morgan fingerprint density at radius 2 is 2.44 bits per heavy atom. The normalized spacial score (nSPS) is 15.8. The van der Waals surface area contributed by atoms with Gasteiger partial charge < -0.3 is 10.1 Å². The fraction of sp³-hybridized carbons (Fsp3) is 0.417. The van der Waals surface area contributed by atoms with Crippen molar-refractivity contribution in [2.75, 3.05) is 20.2 Å². The molecule has 0 radical (unpaired) electrons. The highest BCUT2D eigenvalue weighted by Gasteiger charge is 2.10. The summed E-state index contributed by atoms with van der Waals surface area (Å²) >= 11 is 5.78. The summed E-state index contributed by atoms with van der Waals surface area (Å²) in [5.41, 5.74) is 3.25. The van der Waals surface area contributed by atoms with Crippen molar-refractivity contribution >= 4 is 17.2 Å². The molecule has 2 heterocycles. The van der Waals surface area contributed by atoms with Gasteiger partial charge in [-0.25, -0.2) is 0 Å². The highest BCUT2D eigenvalue weighted by atomic mass is 35.5. The van der Waals surface area contributed by atoms with Crippen molar-refractivity contribution in [3.63, 3.8) is 0 Å². The minimum atomic E-state index is 0.379. The third-order valence-corrected chi connectivity index (χ3v) is 2.96. The first-order valence-electron chi connectivity index (χ1n) is 5.34. The summed E-state index contributed by atoms with van der Waals surface area (Å²) in [6.45, 7) is 1.94. The van der Waals surface area contributed by atoms with Gasteiger partial charge in [0.25, 0.3) is 0 Å². The number of alkyl halides is 1. The Balaban J connectivity index is 2.31. The summed E-state index contributed by atoms with van der Waals surface area (Å²) in [5, 5.41) is 3.29. The second-order valence-corrected chi connectivity index (χ2v) is 3.96. The summed E-state index contributed by atoms with van der Waals surface area (Å²) in [4.78, 5) is 4.32. The summed E-state index contributed by atoms with van der Waals surface area (Å²) in [6.07, 6.45) is 5.10. The lowest BCUT2D eigenvalue weighted by atomic mass is 10.0. The van der Waals surface area contributed by atoms with Crippen LogP contribution < -0.4 is 10.1 Å². The maximum Gasteiger partial charge on any atom is 0.142 e. The maximum absolute atomic E-state index is 5.78. The molecule has 1 aromatic rings. The molecule has 0 amide bonds. The zero-order valence-corrected chi connectivity index (χ0v) is 10.0. The van der Waals surface area contributed by atoms with E-state index in [4.69, 9.17) is 16.3 Å². The summed E-state index contributed by atoms with van der Waals surface area (Å²) in [5.74, 6) is 1.15. The number of aromatic nitrogens is 1. The van der Waals surface area contributed by atoms with Gasteiger partial charge in [-0.2, -0.15) is 0 Å². The van der Waals surface area contributed by atoms with E-state index in [-0.39, 0.29) is 0 Å². The molecule has 0 aliphatic carbocycles. The van der Waals surface area contributed by atoms with Crippen LogP contribution in [0, 0.1) is 0 Å². The quantitative estimate of drug-likeness (QED) is 0.820. The van der Waals surface area contributed by atoms with E-state index in [2.05, 4.69) is 16.4 Å². The second-order valence-electron chi connectivity index (χ2n) is 3.69. The maximum atomic E-state index is 5.78. The molecule has 16 heavy (non-hydrogen) atoms. The fourth-order valence-corrected chi connectivity index (χ4v) is 2.01. The summed E-state index contributed by atoms with van der Waals surface area (Å²) in [7, 11) is 1.65. The number of nitrogens with one attached hydrogen (secondary N) is 1. The van der Waals surface area contributed by atoms with E-state index in [0.29, 0.717) is 5.88 Å². The molecule has 0 atom stereocenters. The Bertz CT molecular complexity index is 404. The van der Waals surface area contributed by atoms with Gasteiger partial charge in [-0.15, -0.1) is 11.6 Å². The molecule has 0 fully saturated rings. The third kappa shape index (κ3) is 2.36. The van der Waals surface area contributed by atoms with Crippen LogP contribution in [0.15, 0.2) is 18.3 Å². The van der Waals surface area contributed by atoms with Gasteiger partial charge in [0, 0.05) is 12.7 Å². The topological polar surface area (TPSA) is 34.1 Å². The van der Waals surface area contributed by atoms with Crippen molar-refractivity contribution in [3.05, 3.63) is 29.6 Å². The molecule has 0 unspecified atom stereocenters. The number of nitrogens with zero attached hydrogens (tertiary/aromatic N) is 1. The van der Waals surface area contributed by atoms with Gasteiger partial charge in [0.2, 0.25) is 0 Å². The van der Waals surface area contributed by atoms with Gasteiger partial charge >= 0.3 is 0 Å². The number of pyridine rings is 1. The Labute approximate surface area is 100 Å². The number of methoxy groups -OCH3 is 1. The average molecular weight is 239 g/mol. The first-order valence-corrected chi connectivity index (χ1v) is 5.87. The smallest absolute Gasteiger partial charge is 0.142 e. The molecule has 0 aromatic carbocycles. The van der Waals surface area contributed by atoms with Gasteiger partial charge in [0.15, 0.2) is 0 Å². The SMILES string of the molecule is COc1cc(C2=CCNCC2)cnc1CCl. The first-order chi connectivity index (χ1) is 7.85. The van der Waals surface area contributed by atoms with Crippen LogP contribution in [0.5, 0.6) is 5.75 Å². The molecule has 1 aliphatic heterocycles. The minimum absolute atomic E-state index is 0.379. The van der Waals surface area contributed by atoms with E-state index in [1.54, 1.807) is 7.11 Å². The molecule has 0 spiro atoms. The van der Waals surface area contributed by atoms with Crippen molar-refractivity contribution in [3.8, 4) is 5.75 Å². The largest absolute Gasteiger partial charge is 0.495 e. The zero-order chi connectivity index (χ0) is 11.4. The predicted molar refractivity (Wildman–Crippen MR) is 65.8 cm³/mol. The zero-order valence-electron chi connectivity index (χ0n) is 9.29. The highest BCUT2D eigenvalue weighted by molar-refractivity contribution is 6.17. The molecule has 4 heteroatoms. The lowest BCUT2D eigenvalue weighted by molar-refractivity contribution is 0.408. The van der Waals surface area contributed by atoms with Crippen LogP contribution in [0.2, 0.25) is 0 Å². The number of hydrogen-bond acceptors (Lipinski definition) is 3. The van der Waals surface area contributed by atoms with Gasteiger partial charge in [-0.3, -0.25) is 4.98 Å². The van der Waals surface area contributed by atoms with Crippen molar-refractivity contribution in [1.29, 1.82) is 0 Å². The standard InChI is InChI=1S/C12H15ClN2O/c1-16-12-6-10(8-15-11(12)7-13)9-2-4-14-5-3-9/h2,6,8,14H,3-5,7H2,1H3. The molecule has 1 aliphatic rings. The van der Waals surface area contributed by atoms with Crippen LogP contribution in [0.1, 0.15) is 17.7 Å². The first kappa shape index (κ1) is 11.4. The van der Waals surface area contributed by atoms with E-state index in [9.17, 15) is 0 Å².